The van der Waals surface area contributed by atoms with Crippen molar-refractivity contribution >= 4 is 45.9 Å². The first kappa shape index (κ1) is 24.5. The van der Waals surface area contributed by atoms with Crippen LogP contribution in [-0.4, -0.2) is 58.1 Å². The van der Waals surface area contributed by atoms with E-state index in [1.807, 2.05) is 31.2 Å². The summed E-state index contributed by atoms with van der Waals surface area (Å²) in [5.74, 6) is 1.62. The number of rotatable bonds is 9. The minimum absolute atomic E-state index is 0. The number of hydrogen-bond donors (Lipinski definition) is 2. The van der Waals surface area contributed by atoms with Gasteiger partial charge in [-0.1, -0.05) is 12.1 Å². The molecule has 1 fully saturated rings. The summed E-state index contributed by atoms with van der Waals surface area (Å²) in [5.41, 5.74) is 0. The third-order valence-corrected chi connectivity index (χ3v) is 4.74. The number of nitrogens with zero attached hydrogens (tertiary/aromatic N) is 1. The highest BCUT2D eigenvalue weighted by Crippen LogP contribution is 2.24. The van der Waals surface area contributed by atoms with Crippen LogP contribution in [0.3, 0.4) is 0 Å². The van der Waals surface area contributed by atoms with Crippen molar-refractivity contribution in [2.24, 2.45) is 4.99 Å². The van der Waals surface area contributed by atoms with Gasteiger partial charge in [0.15, 0.2) is 5.96 Å². The minimum atomic E-state index is 0. The van der Waals surface area contributed by atoms with Crippen LogP contribution in [0.2, 0.25) is 0 Å². The molecule has 0 bridgehead atoms. The second-order valence-corrected chi connectivity index (χ2v) is 7.13. The Bertz CT molecular complexity index is 557. The number of nitrogens with one attached hydrogen (secondary N) is 2. The van der Waals surface area contributed by atoms with Gasteiger partial charge in [0.2, 0.25) is 0 Å². The molecule has 6 nitrogen and oxygen atoms in total. The number of ether oxygens (including phenoxy) is 3. The first-order valence-electron chi connectivity index (χ1n) is 9.24. The highest BCUT2D eigenvalue weighted by Gasteiger charge is 2.13. The van der Waals surface area contributed by atoms with Crippen LogP contribution in [0.25, 0.3) is 0 Å². The predicted octanol–water partition coefficient (Wildman–Crippen LogP) is 3.59. The molecule has 1 aromatic rings. The first-order valence-corrected chi connectivity index (χ1v) is 10.0. The molecule has 1 heterocycles. The fourth-order valence-corrected chi connectivity index (χ4v) is 3.01. The standard InChI is InChI=1S/C19H30BrN3O3.HI/c1-15(26-18-7-4-3-6-17(18)20)14-23-19(21-2)22-10-5-11-25-16-8-12-24-13-9-16;/h3-4,6-7,15-16H,5,8-14H2,1-2H3,(H2,21,22,23);1H. The van der Waals surface area contributed by atoms with E-state index in [0.717, 1.165) is 61.8 Å². The summed E-state index contributed by atoms with van der Waals surface area (Å²) in [6.07, 6.45) is 3.33. The molecule has 0 amide bonds. The molecule has 2 N–H and O–H groups in total. The lowest BCUT2D eigenvalue weighted by Gasteiger charge is -2.22. The summed E-state index contributed by atoms with van der Waals surface area (Å²) in [4.78, 5) is 4.24. The van der Waals surface area contributed by atoms with E-state index in [4.69, 9.17) is 14.2 Å². The predicted molar refractivity (Wildman–Crippen MR) is 123 cm³/mol. The molecule has 1 aliphatic heterocycles. The lowest BCUT2D eigenvalue weighted by molar-refractivity contribution is -0.0320. The molecular weight excluding hydrogens is 525 g/mol. The van der Waals surface area contributed by atoms with Gasteiger partial charge in [-0.2, -0.15) is 0 Å². The van der Waals surface area contributed by atoms with E-state index in [1.54, 1.807) is 7.05 Å². The Balaban J connectivity index is 0.00000364. The van der Waals surface area contributed by atoms with Crippen molar-refractivity contribution in [2.45, 2.75) is 38.4 Å². The molecule has 0 aromatic heterocycles. The maximum absolute atomic E-state index is 5.93. The molecule has 27 heavy (non-hydrogen) atoms. The van der Waals surface area contributed by atoms with E-state index in [2.05, 4.69) is 31.6 Å². The Kier molecular flexibility index (Phi) is 13.1. The van der Waals surface area contributed by atoms with Gasteiger partial charge in [0.05, 0.1) is 17.1 Å². The average molecular weight is 556 g/mol. The molecule has 8 heteroatoms. The summed E-state index contributed by atoms with van der Waals surface area (Å²) in [7, 11) is 1.77. The van der Waals surface area contributed by atoms with Crippen LogP contribution < -0.4 is 15.4 Å². The lowest BCUT2D eigenvalue weighted by Crippen LogP contribution is -2.42. The van der Waals surface area contributed by atoms with Crippen molar-refractivity contribution in [2.75, 3.05) is 40.0 Å². The molecule has 0 aliphatic carbocycles. The van der Waals surface area contributed by atoms with Crippen LogP contribution in [-0.2, 0) is 9.47 Å². The van der Waals surface area contributed by atoms with Gasteiger partial charge in [-0.25, -0.2) is 0 Å². The quantitative estimate of drug-likeness (QED) is 0.211. The van der Waals surface area contributed by atoms with Crippen molar-refractivity contribution < 1.29 is 14.2 Å². The van der Waals surface area contributed by atoms with Crippen molar-refractivity contribution in [3.8, 4) is 5.75 Å². The number of halogens is 2. The molecule has 0 spiro atoms. The van der Waals surface area contributed by atoms with E-state index in [0.29, 0.717) is 12.6 Å². The number of aliphatic imine (C=N–C) groups is 1. The van der Waals surface area contributed by atoms with Crippen molar-refractivity contribution in [3.05, 3.63) is 28.7 Å². The zero-order valence-electron chi connectivity index (χ0n) is 16.1. The molecule has 1 atom stereocenters. The van der Waals surface area contributed by atoms with Gasteiger partial charge >= 0.3 is 0 Å². The summed E-state index contributed by atoms with van der Waals surface area (Å²) < 4.78 is 18.1. The van der Waals surface area contributed by atoms with Crippen LogP contribution >= 0.6 is 39.9 Å². The minimum Gasteiger partial charge on any atom is -0.488 e. The van der Waals surface area contributed by atoms with Crippen LogP contribution in [0.15, 0.2) is 33.7 Å². The second kappa shape index (κ2) is 14.4. The van der Waals surface area contributed by atoms with Crippen molar-refractivity contribution in [3.63, 3.8) is 0 Å². The van der Waals surface area contributed by atoms with Gasteiger partial charge in [0, 0.05) is 33.4 Å². The Hall–Kier alpha value is -0.580. The SMILES string of the molecule is CN=C(NCCCOC1CCOCC1)NCC(C)Oc1ccccc1Br.I. The monoisotopic (exact) mass is 555 g/mol. The summed E-state index contributed by atoms with van der Waals surface area (Å²) >= 11 is 3.50. The van der Waals surface area contributed by atoms with E-state index in [9.17, 15) is 0 Å². The molecule has 0 radical (unpaired) electrons. The fourth-order valence-electron chi connectivity index (χ4n) is 2.63. The van der Waals surface area contributed by atoms with Gasteiger partial charge in [-0.05, 0) is 54.2 Å². The third kappa shape index (κ3) is 9.96. The molecule has 1 saturated heterocycles. The van der Waals surface area contributed by atoms with Crippen molar-refractivity contribution in [1.29, 1.82) is 0 Å². The molecule has 2 rings (SSSR count). The van der Waals surface area contributed by atoms with Gasteiger partial charge < -0.3 is 24.8 Å². The first-order chi connectivity index (χ1) is 12.7. The van der Waals surface area contributed by atoms with Crippen LogP contribution in [0.4, 0.5) is 0 Å². The van der Waals surface area contributed by atoms with Crippen LogP contribution in [0.1, 0.15) is 26.2 Å². The van der Waals surface area contributed by atoms with Crippen LogP contribution in [0.5, 0.6) is 5.75 Å². The zero-order valence-corrected chi connectivity index (χ0v) is 20.0. The maximum atomic E-state index is 5.93. The third-order valence-electron chi connectivity index (χ3n) is 4.08. The average Bonchev–Trinajstić information content (AvgIpc) is 2.66. The molecule has 1 unspecified atom stereocenters. The Morgan fingerprint density at radius 1 is 1.30 bits per heavy atom. The highest BCUT2D eigenvalue weighted by molar-refractivity contribution is 14.0. The Morgan fingerprint density at radius 2 is 2.04 bits per heavy atom. The van der Waals surface area contributed by atoms with E-state index < -0.39 is 0 Å². The Labute approximate surface area is 188 Å². The summed E-state index contributed by atoms with van der Waals surface area (Å²) in [6, 6.07) is 7.85. The topological polar surface area (TPSA) is 64.1 Å². The normalized spacial score (nSPS) is 16.3. The van der Waals surface area contributed by atoms with E-state index in [1.165, 1.54) is 0 Å². The zero-order chi connectivity index (χ0) is 18.6. The molecule has 0 saturated carbocycles. The molecule has 1 aliphatic rings. The van der Waals surface area contributed by atoms with E-state index in [-0.39, 0.29) is 30.1 Å². The number of guanidine groups is 1. The number of benzene rings is 1. The summed E-state index contributed by atoms with van der Waals surface area (Å²) in [6.45, 7) is 5.91. The second-order valence-electron chi connectivity index (χ2n) is 6.27. The van der Waals surface area contributed by atoms with Gasteiger partial charge in [-0.3, -0.25) is 4.99 Å². The highest BCUT2D eigenvalue weighted by atomic mass is 127. The van der Waals surface area contributed by atoms with Gasteiger partial charge in [-0.15, -0.1) is 24.0 Å². The fraction of sp³-hybridized carbons (Fsp3) is 0.632. The maximum Gasteiger partial charge on any atom is 0.191 e. The molecule has 1 aromatic carbocycles. The largest absolute Gasteiger partial charge is 0.488 e. The smallest absolute Gasteiger partial charge is 0.191 e. The van der Waals surface area contributed by atoms with E-state index >= 15 is 0 Å². The van der Waals surface area contributed by atoms with Crippen LogP contribution in [0, 0.1) is 0 Å². The number of para-hydroxylation sites is 1. The number of hydrogen-bond acceptors (Lipinski definition) is 4. The van der Waals surface area contributed by atoms with Gasteiger partial charge in [0.25, 0.3) is 0 Å². The molecular formula is C19H31BrIN3O3. The van der Waals surface area contributed by atoms with Gasteiger partial charge in [0.1, 0.15) is 11.9 Å². The Morgan fingerprint density at radius 3 is 2.74 bits per heavy atom. The lowest BCUT2D eigenvalue weighted by atomic mass is 10.1. The summed E-state index contributed by atoms with van der Waals surface area (Å²) in [5, 5.41) is 6.60. The van der Waals surface area contributed by atoms with Crippen molar-refractivity contribution in [1.82, 2.24) is 10.6 Å². The molecule has 154 valence electrons.